The molecule has 0 spiro atoms. The maximum absolute atomic E-state index is 12.0. The van der Waals surface area contributed by atoms with Crippen molar-refractivity contribution in [2.24, 2.45) is 0 Å². The highest BCUT2D eigenvalue weighted by Crippen LogP contribution is 2.27. The summed E-state index contributed by atoms with van der Waals surface area (Å²) in [6, 6.07) is 6.28. The molecule has 0 bridgehead atoms. The summed E-state index contributed by atoms with van der Waals surface area (Å²) in [6.45, 7) is 5.36. The molecule has 1 aromatic carbocycles. The van der Waals surface area contributed by atoms with E-state index >= 15 is 0 Å². The molecule has 1 N–H and O–H groups in total. The number of carbonyl (C=O) groups excluding carboxylic acids is 1. The van der Waals surface area contributed by atoms with Gasteiger partial charge in [-0.3, -0.25) is 0 Å². The van der Waals surface area contributed by atoms with Gasteiger partial charge in [-0.2, -0.15) is 0 Å². The summed E-state index contributed by atoms with van der Waals surface area (Å²) in [6.07, 6.45) is -0.534. The number of hydrogen-bond acceptors (Lipinski definition) is 3. The number of phenolic OH excluding ortho intramolecular Hbond substituents is 1. The van der Waals surface area contributed by atoms with Crippen molar-refractivity contribution in [3.8, 4) is 5.75 Å². The lowest BCUT2D eigenvalue weighted by Gasteiger charge is -2.20. The number of aromatic hydroxyl groups is 1. The number of nitrogens with zero attached hydrogens (tertiary/aromatic N) is 1. The van der Waals surface area contributed by atoms with Crippen LogP contribution in [-0.2, 0) is 4.74 Å². The molecule has 0 aliphatic rings. The van der Waals surface area contributed by atoms with Crippen LogP contribution in [-0.4, -0.2) is 21.4 Å². The lowest BCUT2D eigenvalue weighted by atomic mass is 10.2. The SMILES string of the molecule is CC(C)(C)OC(=O)n1c(Cl)cc2cc(O)ccc21. The molecule has 2 rings (SSSR count). The van der Waals surface area contributed by atoms with E-state index in [9.17, 15) is 9.90 Å². The second-order valence-electron chi connectivity index (χ2n) is 5.03. The van der Waals surface area contributed by atoms with Crippen molar-refractivity contribution in [2.45, 2.75) is 26.4 Å². The largest absolute Gasteiger partial charge is 0.508 e. The molecule has 1 heterocycles. The molecule has 0 atom stereocenters. The van der Waals surface area contributed by atoms with E-state index in [1.54, 1.807) is 39.0 Å². The highest BCUT2D eigenvalue weighted by Gasteiger charge is 2.21. The van der Waals surface area contributed by atoms with Gasteiger partial charge in [0.1, 0.15) is 16.5 Å². The Labute approximate surface area is 110 Å². The van der Waals surface area contributed by atoms with Crippen LogP contribution in [0, 0.1) is 0 Å². The van der Waals surface area contributed by atoms with Gasteiger partial charge in [0.05, 0.1) is 5.52 Å². The van der Waals surface area contributed by atoms with Crippen LogP contribution in [0.4, 0.5) is 4.79 Å². The number of phenols is 1. The van der Waals surface area contributed by atoms with Crippen molar-refractivity contribution < 1.29 is 14.6 Å². The summed E-state index contributed by atoms with van der Waals surface area (Å²) < 4.78 is 6.56. The second-order valence-corrected chi connectivity index (χ2v) is 5.41. The van der Waals surface area contributed by atoms with Gasteiger partial charge in [0.25, 0.3) is 0 Å². The summed E-state index contributed by atoms with van der Waals surface area (Å²) in [5.41, 5.74) is 0.0144. The zero-order valence-electron chi connectivity index (χ0n) is 10.4. The Balaban J connectivity index is 2.51. The predicted molar refractivity (Wildman–Crippen MR) is 70.2 cm³/mol. The van der Waals surface area contributed by atoms with Gasteiger partial charge >= 0.3 is 6.09 Å². The molecule has 0 radical (unpaired) electrons. The Hall–Kier alpha value is -1.68. The van der Waals surface area contributed by atoms with E-state index in [2.05, 4.69) is 0 Å². The lowest BCUT2D eigenvalue weighted by Crippen LogP contribution is -2.27. The average molecular weight is 268 g/mol. The van der Waals surface area contributed by atoms with Crippen LogP contribution in [0.1, 0.15) is 20.8 Å². The number of fused-ring (bicyclic) bond motifs is 1. The van der Waals surface area contributed by atoms with Gasteiger partial charge in [-0.25, -0.2) is 9.36 Å². The number of aromatic nitrogens is 1. The number of ether oxygens (including phenoxy) is 1. The van der Waals surface area contributed by atoms with E-state index in [0.717, 1.165) is 0 Å². The van der Waals surface area contributed by atoms with E-state index < -0.39 is 11.7 Å². The van der Waals surface area contributed by atoms with Crippen LogP contribution in [0.2, 0.25) is 5.15 Å². The third-order valence-corrected chi connectivity index (χ3v) is 2.59. The van der Waals surface area contributed by atoms with Gasteiger partial charge in [0.2, 0.25) is 0 Å². The van der Waals surface area contributed by atoms with Crippen molar-refractivity contribution >= 4 is 28.6 Å². The van der Waals surface area contributed by atoms with E-state index in [0.29, 0.717) is 10.9 Å². The first-order valence-electron chi connectivity index (χ1n) is 5.51. The molecule has 18 heavy (non-hydrogen) atoms. The molecule has 0 aliphatic heterocycles. The predicted octanol–water partition coefficient (Wildman–Crippen LogP) is 3.78. The molecule has 0 fully saturated rings. The molecule has 2 aromatic rings. The fourth-order valence-electron chi connectivity index (χ4n) is 1.66. The maximum Gasteiger partial charge on any atom is 0.420 e. The summed E-state index contributed by atoms with van der Waals surface area (Å²) in [5, 5.41) is 10.3. The topological polar surface area (TPSA) is 51.5 Å². The van der Waals surface area contributed by atoms with Crippen molar-refractivity contribution in [3.05, 3.63) is 29.4 Å². The van der Waals surface area contributed by atoms with Crippen LogP contribution in [0.25, 0.3) is 10.9 Å². The first-order chi connectivity index (χ1) is 8.28. The van der Waals surface area contributed by atoms with E-state index in [4.69, 9.17) is 16.3 Å². The van der Waals surface area contributed by atoms with Gasteiger partial charge < -0.3 is 9.84 Å². The highest BCUT2D eigenvalue weighted by molar-refractivity contribution is 6.32. The molecular formula is C13H14ClNO3. The Morgan fingerprint density at radius 3 is 2.61 bits per heavy atom. The van der Waals surface area contributed by atoms with Gasteiger partial charge in [0, 0.05) is 5.39 Å². The van der Waals surface area contributed by atoms with Gasteiger partial charge in [-0.1, -0.05) is 11.6 Å². The number of rotatable bonds is 0. The minimum atomic E-state index is -0.589. The minimum absolute atomic E-state index is 0.125. The van der Waals surface area contributed by atoms with Crippen LogP contribution in [0.3, 0.4) is 0 Å². The minimum Gasteiger partial charge on any atom is -0.508 e. The summed E-state index contributed by atoms with van der Waals surface area (Å²) in [7, 11) is 0. The van der Waals surface area contributed by atoms with Crippen LogP contribution in [0.5, 0.6) is 5.75 Å². The van der Waals surface area contributed by atoms with Crippen LogP contribution >= 0.6 is 11.6 Å². The van der Waals surface area contributed by atoms with E-state index in [-0.39, 0.29) is 10.9 Å². The standard InChI is InChI=1S/C13H14ClNO3/c1-13(2,3)18-12(17)15-10-5-4-9(16)6-8(10)7-11(15)14/h4-7,16H,1-3H3. The molecule has 0 unspecified atom stereocenters. The quantitative estimate of drug-likeness (QED) is 0.790. The normalized spacial score (nSPS) is 11.8. The molecule has 0 saturated carbocycles. The van der Waals surface area contributed by atoms with Crippen LogP contribution < -0.4 is 0 Å². The van der Waals surface area contributed by atoms with E-state index in [1.165, 1.54) is 10.6 Å². The average Bonchev–Trinajstić information content (AvgIpc) is 2.50. The first-order valence-corrected chi connectivity index (χ1v) is 5.89. The third-order valence-electron chi connectivity index (χ3n) is 2.32. The lowest BCUT2D eigenvalue weighted by molar-refractivity contribution is 0.0545. The number of carbonyl (C=O) groups is 1. The maximum atomic E-state index is 12.0. The second kappa shape index (κ2) is 4.21. The monoisotopic (exact) mass is 267 g/mol. The fraction of sp³-hybridized carbons (Fsp3) is 0.308. The smallest absolute Gasteiger partial charge is 0.420 e. The Bertz CT molecular complexity index is 610. The van der Waals surface area contributed by atoms with Crippen molar-refractivity contribution in [1.82, 2.24) is 4.57 Å². The molecule has 5 heteroatoms. The molecule has 0 aliphatic carbocycles. The van der Waals surface area contributed by atoms with Gasteiger partial charge in [0.15, 0.2) is 0 Å². The molecule has 0 amide bonds. The third kappa shape index (κ3) is 2.43. The Morgan fingerprint density at radius 1 is 1.33 bits per heavy atom. The first kappa shape index (κ1) is 12.8. The van der Waals surface area contributed by atoms with Crippen molar-refractivity contribution in [2.75, 3.05) is 0 Å². The van der Waals surface area contributed by atoms with Gasteiger partial charge in [-0.15, -0.1) is 0 Å². The number of benzene rings is 1. The zero-order valence-corrected chi connectivity index (χ0v) is 11.2. The summed E-state index contributed by atoms with van der Waals surface area (Å²) in [4.78, 5) is 12.0. The number of halogens is 1. The van der Waals surface area contributed by atoms with Crippen LogP contribution in [0.15, 0.2) is 24.3 Å². The molecule has 1 aromatic heterocycles. The fourth-order valence-corrected chi connectivity index (χ4v) is 1.94. The Kier molecular flexibility index (Phi) is 2.99. The molecule has 0 saturated heterocycles. The molecular weight excluding hydrogens is 254 g/mol. The Morgan fingerprint density at radius 2 is 2.00 bits per heavy atom. The van der Waals surface area contributed by atoms with Crippen molar-refractivity contribution in [1.29, 1.82) is 0 Å². The van der Waals surface area contributed by atoms with Crippen molar-refractivity contribution in [3.63, 3.8) is 0 Å². The highest BCUT2D eigenvalue weighted by atomic mass is 35.5. The summed E-state index contributed by atoms with van der Waals surface area (Å²) in [5.74, 6) is 0.125. The number of hydrogen-bond donors (Lipinski definition) is 1. The zero-order chi connectivity index (χ0) is 13.5. The van der Waals surface area contributed by atoms with Gasteiger partial charge in [-0.05, 0) is 45.0 Å². The van der Waals surface area contributed by atoms with E-state index in [1.807, 2.05) is 0 Å². The molecule has 4 nitrogen and oxygen atoms in total. The molecule has 96 valence electrons. The summed E-state index contributed by atoms with van der Waals surface area (Å²) >= 11 is 6.02.